The smallest absolute Gasteiger partial charge is 0.127 e. The van der Waals surface area contributed by atoms with Gasteiger partial charge in [-0.25, -0.2) is 9.37 Å². The van der Waals surface area contributed by atoms with E-state index in [0.717, 1.165) is 45.5 Å². The lowest BCUT2D eigenvalue weighted by Crippen LogP contribution is -2.25. The van der Waals surface area contributed by atoms with Crippen molar-refractivity contribution in [1.29, 1.82) is 0 Å². The Morgan fingerprint density at radius 1 is 1.14 bits per heavy atom. The SMILES string of the molecule is CCCC(C)(F)Cn1cc(-c2ccc(C)nc2-c2ccc3c(c2)ncn3C)cn1. The van der Waals surface area contributed by atoms with Crippen LogP contribution in [0.15, 0.2) is 49.1 Å². The number of nitrogens with zero attached hydrogens (tertiary/aromatic N) is 5. The van der Waals surface area contributed by atoms with Crippen molar-refractivity contribution in [2.24, 2.45) is 7.05 Å². The molecule has 150 valence electrons. The molecule has 0 radical (unpaired) electrons. The third-order valence-corrected chi connectivity index (χ3v) is 5.24. The maximum absolute atomic E-state index is 14.7. The number of alkyl halides is 1. The Morgan fingerprint density at radius 3 is 2.76 bits per heavy atom. The summed E-state index contributed by atoms with van der Waals surface area (Å²) in [5.74, 6) is 0. The molecule has 0 bridgehead atoms. The van der Waals surface area contributed by atoms with Crippen molar-refractivity contribution < 1.29 is 4.39 Å². The largest absolute Gasteiger partial charge is 0.334 e. The van der Waals surface area contributed by atoms with Gasteiger partial charge in [-0.2, -0.15) is 5.10 Å². The number of aromatic nitrogens is 5. The molecule has 1 aromatic carbocycles. The maximum Gasteiger partial charge on any atom is 0.127 e. The number of rotatable bonds is 6. The highest BCUT2D eigenvalue weighted by atomic mass is 19.1. The zero-order valence-electron chi connectivity index (χ0n) is 17.4. The third-order valence-electron chi connectivity index (χ3n) is 5.24. The van der Waals surface area contributed by atoms with E-state index in [1.54, 1.807) is 17.8 Å². The summed E-state index contributed by atoms with van der Waals surface area (Å²) >= 11 is 0. The van der Waals surface area contributed by atoms with Gasteiger partial charge in [-0.15, -0.1) is 0 Å². The first-order chi connectivity index (χ1) is 13.9. The summed E-state index contributed by atoms with van der Waals surface area (Å²) in [7, 11) is 1.98. The van der Waals surface area contributed by atoms with Crippen molar-refractivity contribution in [3.8, 4) is 22.4 Å². The van der Waals surface area contributed by atoms with Crippen LogP contribution in [0.1, 0.15) is 32.4 Å². The molecular weight excluding hydrogens is 365 g/mol. The zero-order valence-corrected chi connectivity index (χ0v) is 17.4. The van der Waals surface area contributed by atoms with E-state index in [1.807, 2.05) is 44.1 Å². The average molecular weight is 391 g/mol. The molecule has 0 amide bonds. The highest BCUT2D eigenvalue weighted by molar-refractivity contribution is 5.86. The average Bonchev–Trinajstić information content (AvgIpc) is 3.27. The highest BCUT2D eigenvalue weighted by Crippen LogP contribution is 2.32. The highest BCUT2D eigenvalue weighted by Gasteiger charge is 2.23. The van der Waals surface area contributed by atoms with Crippen LogP contribution in [0.25, 0.3) is 33.4 Å². The van der Waals surface area contributed by atoms with Crippen LogP contribution in [0.3, 0.4) is 0 Å². The molecular formula is C23H26FN5. The predicted molar refractivity (Wildman–Crippen MR) is 114 cm³/mol. The van der Waals surface area contributed by atoms with Crippen molar-refractivity contribution in [1.82, 2.24) is 24.3 Å². The predicted octanol–water partition coefficient (Wildman–Crippen LogP) is 5.34. The van der Waals surface area contributed by atoms with Crippen molar-refractivity contribution in [2.45, 2.75) is 45.8 Å². The fraction of sp³-hybridized carbons (Fsp3) is 0.348. The lowest BCUT2D eigenvalue weighted by Gasteiger charge is -2.19. The second kappa shape index (κ2) is 7.43. The van der Waals surface area contributed by atoms with E-state index >= 15 is 0 Å². The summed E-state index contributed by atoms with van der Waals surface area (Å²) in [5.41, 5.74) is 5.48. The minimum absolute atomic E-state index is 0.245. The van der Waals surface area contributed by atoms with Gasteiger partial charge < -0.3 is 4.57 Å². The van der Waals surface area contributed by atoms with Gasteiger partial charge in [0.2, 0.25) is 0 Å². The fourth-order valence-electron chi connectivity index (χ4n) is 3.82. The van der Waals surface area contributed by atoms with Gasteiger partial charge in [-0.3, -0.25) is 9.67 Å². The van der Waals surface area contributed by atoms with Crippen LogP contribution < -0.4 is 0 Å². The number of halogens is 1. The lowest BCUT2D eigenvalue weighted by molar-refractivity contribution is 0.141. The van der Waals surface area contributed by atoms with Crippen molar-refractivity contribution >= 4 is 11.0 Å². The normalized spacial score (nSPS) is 13.7. The Morgan fingerprint density at radius 2 is 1.97 bits per heavy atom. The van der Waals surface area contributed by atoms with Gasteiger partial charge in [0, 0.05) is 35.6 Å². The number of fused-ring (bicyclic) bond motifs is 1. The van der Waals surface area contributed by atoms with E-state index in [1.165, 1.54) is 0 Å². The topological polar surface area (TPSA) is 48.5 Å². The first-order valence-corrected chi connectivity index (χ1v) is 9.97. The molecule has 0 spiro atoms. The zero-order chi connectivity index (χ0) is 20.6. The number of pyridine rings is 1. The van der Waals surface area contributed by atoms with Gasteiger partial charge >= 0.3 is 0 Å². The molecule has 0 saturated heterocycles. The molecule has 0 N–H and O–H groups in total. The molecule has 0 saturated carbocycles. The molecule has 4 rings (SSSR count). The second-order valence-corrected chi connectivity index (χ2v) is 8.00. The molecule has 1 unspecified atom stereocenters. The summed E-state index contributed by atoms with van der Waals surface area (Å²) in [6.45, 7) is 5.86. The summed E-state index contributed by atoms with van der Waals surface area (Å²) in [4.78, 5) is 9.27. The molecule has 0 aliphatic rings. The van der Waals surface area contributed by atoms with Crippen LogP contribution >= 0.6 is 0 Å². The molecule has 1 atom stereocenters. The number of imidazole rings is 1. The standard InChI is InChI=1S/C23H26FN5/c1-5-10-23(3,24)14-29-13-18(12-26-29)19-8-6-16(2)27-22(19)17-7-9-21-20(11-17)25-15-28(21)4/h6-9,11-13,15H,5,10,14H2,1-4H3. The molecule has 3 aromatic heterocycles. The van der Waals surface area contributed by atoms with Crippen LogP contribution in [0.2, 0.25) is 0 Å². The van der Waals surface area contributed by atoms with Crippen LogP contribution in [0.5, 0.6) is 0 Å². The first kappa shape index (κ1) is 19.3. The quantitative estimate of drug-likeness (QED) is 0.446. The van der Waals surface area contributed by atoms with Gasteiger partial charge in [0.25, 0.3) is 0 Å². The Labute approximate surface area is 170 Å². The van der Waals surface area contributed by atoms with Gasteiger partial charge in [-0.05, 0) is 38.5 Å². The molecule has 5 nitrogen and oxygen atoms in total. The molecule has 3 heterocycles. The van der Waals surface area contributed by atoms with Crippen molar-refractivity contribution in [2.75, 3.05) is 0 Å². The van der Waals surface area contributed by atoms with E-state index in [9.17, 15) is 4.39 Å². The van der Waals surface area contributed by atoms with Crippen molar-refractivity contribution in [3.05, 3.63) is 54.7 Å². The maximum atomic E-state index is 14.7. The summed E-state index contributed by atoms with van der Waals surface area (Å²) in [6.07, 6.45) is 6.83. The number of benzene rings is 1. The monoisotopic (exact) mass is 391 g/mol. The molecule has 29 heavy (non-hydrogen) atoms. The molecule has 6 heteroatoms. The van der Waals surface area contributed by atoms with Gasteiger partial charge in [0.05, 0.1) is 35.8 Å². The van der Waals surface area contributed by atoms with Crippen LogP contribution in [0, 0.1) is 6.92 Å². The Hall–Kier alpha value is -3.02. The molecule has 0 aliphatic heterocycles. The van der Waals surface area contributed by atoms with E-state index in [4.69, 9.17) is 4.98 Å². The van der Waals surface area contributed by atoms with E-state index in [0.29, 0.717) is 6.42 Å². The van der Waals surface area contributed by atoms with Gasteiger partial charge in [0.15, 0.2) is 0 Å². The minimum atomic E-state index is -1.27. The van der Waals surface area contributed by atoms with E-state index in [2.05, 4.69) is 34.3 Å². The lowest BCUT2D eigenvalue weighted by atomic mass is 10.0. The molecule has 0 aliphatic carbocycles. The first-order valence-electron chi connectivity index (χ1n) is 9.97. The second-order valence-electron chi connectivity index (χ2n) is 8.00. The summed E-state index contributed by atoms with van der Waals surface area (Å²) in [6, 6.07) is 10.2. The third kappa shape index (κ3) is 3.92. The Kier molecular flexibility index (Phi) is 4.94. The minimum Gasteiger partial charge on any atom is -0.334 e. The van der Waals surface area contributed by atoms with Gasteiger partial charge in [0.1, 0.15) is 5.67 Å². The number of hydrogen-bond donors (Lipinski definition) is 0. The Balaban J connectivity index is 1.74. The van der Waals surface area contributed by atoms with Crippen LogP contribution in [-0.4, -0.2) is 30.0 Å². The summed E-state index contributed by atoms with van der Waals surface area (Å²) < 4.78 is 18.3. The molecule has 4 aromatic rings. The Bertz CT molecular complexity index is 1160. The summed E-state index contributed by atoms with van der Waals surface area (Å²) in [5, 5.41) is 4.40. The van der Waals surface area contributed by atoms with Crippen LogP contribution in [-0.2, 0) is 13.6 Å². The fourth-order valence-corrected chi connectivity index (χ4v) is 3.82. The number of hydrogen-bond acceptors (Lipinski definition) is 3. The van der Waals surface area contributed by atoms with Crippen molar-refractivity contribution in [3.63, 3.8) is 0 Å². The van der Waals surface area contributed by atoms with Gasteiger partial charge in [-0.1, -0.05) is 25.5 Å². The van der Waals surface area contributed by atoms with E-state index in [-0.39, 0.29) is 6.54 Å². The number of aryl methyl sites for hydroxylation is 2. The van der Waals surface area contributed by atoms with E-state index < -0.39 is 5.67 Å². The molecule has 0 fully saturated rings. The van der Waals surface area contributed by atoms with Crippen LogP contribution in [0.4, 0.5) is 4.39 Å².